The molecular weight excluding hydrogens is 288 g/mol. The van der Waals surface area contributed by atoms with E-state index in [1.165, 1.54) is 0 Å². The van der Waals surface area contributed by atoms with E-state index in [1.807, 2.05) is 54.6 Å². The molecule has 0 aliphatic rings. The topological polar surface area (TPSA) is 12.9 Å². The van der Waals surface area contributed by atoms with Crippen LogP contribution in [0.25, 0.3) is 0 Å². The zero-order chi connectivity index (χ0) is 17.5. The fourth-order valence-corrected chi connectivity index (χ4v) is 0.698. The normalized spacial score (nSPS) is 9.00. The van der Waals surface area contributed by atoms with Gasteiger partial charge in [-0.05, 0) is 23.0 Å². The zero-order valence-electron chi connectivity index (χ0n) is 17.0. The lowest BCUT2D eigenvalue weighted by Gasteiger charge is -2.05. The maximum atomic E-state index is 3.78. The molecule has 6 radical (unpaired) electrons. The predicted octanol–water partition coefficient (Wildman–Crippen LogP) is 6.11. The van der Waals surface area contributed by atoms with Crippen LogP contribution in [0.3, 0.4) is 0 Å². The Labute approximate surface area is 155 Å². The van der Waals surface area contributed by atoms with E-state index in [9.17, 15) is 0 Å². The van der Waals surface area contributed by atoms with E-state index >= 15 is 0 Å². The van der Waals surface area contributed by atoms with Crippen molar-refractivity contribution < 1.29 is 0 Å². The van der Waals surface area contributed by atoms with E-state index < -0.39 is 0 Å². The molecule has 0 saturated carbocycles. The summed E-state index contributed by atoms with van der Waals surface area (Å²) in [4.78, 5) is 3.78. The first-order chi connectivity index (χ1) is 10.0. The average Bonchev–Trinajstić information content (AvgIpc) is 2.40. The molecule has 0 fully saturated rings. The van der Waals surface area contributed by atoms with Gasteiger partial charge in [-0.25, -0.2) is 0 Å². The number of pyridine rings is 1. The summed E-state index contributed by atoms with van der Waals surface area (Å²) in [5, 5.41) is 0. The zero-order valence-corrected chi connectivity index (χ0v) is 17.0. The summed E-state index contributed by atoms with van der Waals surface area (Å²) >= 11 is 0. The SMILES string of the molecule is CC(C)(C)C.CC(C)(C)C.[B].[B].c1ccccc1.c1ccncc1. The van der Waals surface area contributed by atoms with E-state index in [4.69, 9.17) is 0 Å². The van der Waals surface area contributed by atoms with Crippen LogP contribution in [-0.2, 0) is 0 Å². The molecule has 0 N–H and O–H groups in total. The first kappa shape index (κ1) is 30.4. The van der Waals surface area contributed by atoms with Crippen molar-refractivity contribution >= 4 is 16.8 Å². The van der Waals surface area contributed by atoms with Crippen LogP contribution in [0.15, 0.2) is 67.0 Å². The summed E-state index contributed by atoms with van der Waals surface area (Å²) in [5.41, 5.74) is 1.00. The highest BCUT2D eigenvalue weighted by atomic mass is 14.6. The van der Waals surface area contributed by atoms with Gasteiger partial charge in [-0.1, -0.05) is 97.9 Å². The number of hydrogen-bond acceptors (Lipinski definition) is 1. The van der Waals surface area contributed by atoms with Crippen molar-refractivity contribution in [2.45, 2.75) is 55.4 Å². The summed E-state index contributed by atoms with van der Waals surface area (Å²) in [6.07, 6.45) is 3.50. The number of benzene rings is 1. The quantitative estimate of drug-likeness (QED) is 0.533. The summed E-state index contributed by atoms with van der Waals surface area (Å²) < 4.78 is 0. The van der Waals surface area contributed by atoms with Gasteiger partial charge >= 0.3 is 0 Å². The van der Waals surface area contributed by atoms with Crippen molar-refractivity contribution in [3.05, 3.63) is 67.0 Å². The largest absolute Gasteiger partial charge is 0.265 e. The van der Waals surface area contributed by atoms with Gasteiger partial charge in [0.1, 0.15) is 0 Å². The van der Waals surface area contributed by atoms with Gasteiger partial charge in [0.25, 0.3) is 0 Å². The van der Waals surface area contributed by atoms with E-state index in [2.05, 4.69) is 60.4 Å². The van der Waals surface area contributed by atoms with Crippen LogP contribution in [-0.4, -0.2) is 21.8 Å². The Balaban J connectivity index is -0.000000109. The summed E-state index contributed by atoms with van der Waals surface area (Å²) in [6.45, 7) is 17.5. The fraction of sp³-hybridized carbons (Fsp3) is 0.476. The third kappa shape index (κ3) is 70.7. The Morgan fingerprint density at radius 1 is 0.417 bits per heavy atom. The van der Waals surface area contributed by atoms with Crippen molar-refractivity contribution in [3.63, 3.8) is 0 Å². The van der Waals surface area contributed by atoms with Crippen LogP contribution in [0.4, 0.5) is 0 Å². The minimum atomic E-state index is 0. The van der Waals surface area contributed by atoms with Gasteiger partial charge in [-0.3, -0.25) is 4.98 Å². The van der Waals surface area contributed by atoms with E-state index in [-0.39, 0.29) is 16.8 Å². The molecule has 2 rings (SSSR count). The van der Waals surface area contributed by atoms with Crippen molar-refractivity contribution in [2.24, 2.45) is 10.8 Å². The van der Waals surface area contributed by atoms with Gasteiger partial charge in [-0.15, -0.1) is 0 Å². The number of nitrogens with zero attached hydrogens (tertiary/aromatic N) is 1. The molecule has 0 spiro atoms. The fourth-order valence-electron chi connectivity index (χ4n) is 0.698. The first-order valence-corrected chi connectivity index (χ1v) is 7.85. The third-order valence-electron chi connectivity index (χ3n) is 1.23. The summed E-state index contributed by atoms with van der Waals surface area (Å²) in [6, 6.07) is 17.7. The molecule has 1 heterocycles. The van der Waals surface area contributed by atoms with Crippen LogP contribution in [0.2, 0.25) is 0 Å². The lowest BCUT2D eigenvalue weighted by Crippen LogP contribution is -1.93. The molecule has 1 aromatic carbocycles. The highest BCUT2D eigenvalue weighted by molar-refractivity contribution is 5.76. The van der Waals surface area contributed by atoms with Crippen LogP contribution < -0.4 is 0 Å². The van der Waals surface area contributed by atoms with Crippen LogP contribution in [0.1, 0.15) is 55.4 Å². The Bertz CT molecular complexity index is 308. The van der Waals surface area contributed by atoms with Gasteiger partial charge in [0.05, 0.1) is 0 Å². The molecule has 3 heteroatoms. The lowest BCUT2D eigenvalue weighted by molar-refractivity contribution is 0.469. The second-order valence-electron chi connectivity index (χ2n) is 8.18. The highest BCUT2D eigenvalue weighted by Crippen LogP contribution is 2.08. The minimum absolute atomic E-state index is 0. The smallest absolute Gasteiger partial charge is 0.0267 e. The van der Waals surface area contributed by atoms with Crippen molar-refractivity contribution in [1.29, 1.82) is 0 Å². The maximum absolute atomic E-state index is 3.78. The molecule has 0 bridgehead atoms. The Morgan fingerprint density at radius 2 is 0.583 bits per heavy atom. The molecule has 0 atom stereocenters. The van der Waals surface area contributed by atoms with Crippen LogP contribution in [0.5, 0.6) is 0 Å². The molecule has 1 aromatic heterocycles. The molecular formula is C21H35B2N. The van der Waals surface area contributed by atoms with Gasteiger partial charge in [0.2, 0.25) is 0 Å². The molecule has 130 valence electrons. The molecule has 0 aliphatic carbocycles. The third-order valence-corrected chi connectivity index (χ3v) is 1.23. The second kappa shape index (κ2) is 17.8. The van der Waals surface area contributed by atoms with E-state index in [0.717, 1.165) is 0 Å². The molecule has 0 unspecified atom stereocenters. The summed E-state index contributed by atoms with van der Waals surface area (Å²) in [7, 11) is 0. The van der Waals surface area contributed by atoms with Crippen molar-refractivity contribution in [1.82, 2.24) is 4.98 Å². The molecule has 24 heavy (non-hydrogen) atoms. The first-order valence-electron chi connectivity index (χ1n) is 7.85. The molecule has 0 saturated heterocycles. The lowest BCUT2D eigenvalue weighted by atomic mass is 10.0. The number of rotatable bonds is 0. The summed E-state index contributed by atoms with van der Waals surface area (Å²) in [5.74, 6) is 0. The van der Waals surface area contributed by atoms with Gasteiger partial charge in [0.15, 0.2) is 0 Å². The van der Waals surface area contributed by atoms with Crippen LogP contribution in [0, 0.1) is 10.8 Å². The van der Waals surface area contributed by atoms with E-state index in [1.54, 1.807) is 12.4 Å². The maximum Gasteiger partial charge on any atom is 0.0267 e. The Hall–Kier alpha value is -1.50. The predicted molar refractivity (Wildman–Crippen MR) is 112 cm³/mol. The second-order valence-corrected chi connectivity index (χ2v) is 8.18. The van der Waals surface area contributed by atoms with Crippen molar-refractivity contribution in [2.75, 3.05) is 0 Å². The van der Waals surface area contributed by atoms with Crippen LogP contribution >= 0.6 is 0 Å². The van der Waals surface area contributed by atoms with Gasteiger partial charge in [-0.2, -0.15) is 0 Å². The Kier molecular flexibility index (Phi) is 22.6. The highest BCUT2D eigenvalue weighted by Gasteiger charge is 1.96. The van der Waals surface area contributed by atoms with E-state index in [0.29, 0.717) is 10.8 Å². The van der Waals surface area contributed by atoms with Gasteiger partial charge in [0, 0.05) is 29.2 Å². The molecule has 0 aliphatic heterocycles. The molecule has 1 nitrogen and oxygen atoms in total. The standard InChI is InChI=1S/C6H6.C5H5N.2C5H12.2B/c2*1-2-4-6-5-3-1;2*1-5(2,3)4;;/h1-6H;1-5H;2*1-4H3;;. The molecule has 2 aromatic rings. The average molecular weight is 323 g/mol. The monoisotopic (exact) mass is 323 g/mol. The minimum Gasteiger partial charge on any atom is -0.265 e. The van der Waals surface area contributed by atoms with Gasteiger partial charge < -0.3 is 0 Å². The molecule has 0 amide bonds. The number of hydrogen-bond donors (Lipinski definition) is 0. The van der Waals surface area contributed by atoms with Crippen molar-refractivity contribution in [3.8, 4) is 0 Å². The number of aromatic nitrogens is 1. The Morgan fingerprint density at radius 3 is 0.667 bits per heavy atom.